The molecule has 0 bridgehead atoms. The molecule has 1 aromatic carbocycles. The van der Waals surface area contributed by atoms with Gasteiger partial charge in [0.2, 0.25) is 10.0 Å². The van der Waals surface area contributed by atoms with E-state index in [4.69, 9.17) is 16.3 Å². The fraction of sp³-hybridized carbons (Fsp3) is 0.571. The normalized spacial score (nSPS) is 19.2. The molecule has 0 saturated carbocycles. The van der Waals surface area contributed by atoms with E-state index in [2.05, 4.69) is 0 Å². The van der Waals surface area contributed by atoms with Crippen LogP contribution in [0.2, 0.25) is 0 Å². The molecular formula is C14H20ClNO3S. The van der Waals surface area contributed by atoms with Crippen molar-refractivity contribution in [3.05, 3.63) is 23.8 Å². The molecule has 1 saturated heterocycles. The molecule has 0 N–H and O–H groups in total. The van der Waals surface area contributed by atoms with E-state index >= 15 is 0 Å². The van der Waals surface area contributed by atoms with E-state index in [0.29, 0.717) is 18.2 Å². The Hall–Kier alpha value is -0.780. The highest BCUT2D eigenvalue weighted by atomic mass is 35.5. The average Bonchev–Trinajstić information content (AvgIpc) is 2.78. The molecule has 0 spiro atoms. The molecule has 112 valence electrons. The molecule has 0 unspecified atom stereocenters. The van der Waals surface area contributed by atoms with Crippen LogP contribution in [0.15, 0.2) is 23.1 Å². The zero-order chi connectivity index (χ0) is 15.0. The first kappa shape index (κ1) is 15.6. The summed E-state index contributed by atoms with van der Waals surface area (Å²) in [5.74, 6) is 0.678. The number of halogens is 1. The quantitative estimate of drug-likeness (QED) is 0.802. The lowest BCUT2D eigenvalue weighted by molar-refractivity contribution is 0.290. The molecular weight excluding hydrogens is 298 g/mol. The minimum Gasteiger partial charge on any atom is -0.495 e. The maximum absolute atomic E-state index is 12.8. The second-order valence-corrected chi connectivity index (χ2v) is 7.71. The SMILES string of the molecule is COc1cc(CCl)ccc1S(=O)(=O)N1CCCC1(C)C. The molecule has 4 nitrogen and oxygen atoms in total. The Balaban J connectivity index is 2.49. The van der Waals surface area contributed by atoms with Gasteiger partial charge in [0.05, 0.1) is 7.11 Å². The molecule has 1 aromatic rings. The maximum Gasteiger partial charge on any atom is 0.247 e. The van der Waals surface area contributed by atoms with Crippen LogP contribution in [0.25, 0.3) is 0 Å². The van der Waals surface area contributed by atoms with E-state index < -0.39 is 10.0 Å². The van der Waals surface area contributed by atoms with Gasteiger partial charge in [-0.2, -0.15) is 4.31 Å². The van der Waals surface area contributed by atoms with E-state index in [9.17, 15) is 8.42 Å². The summed E-state index contributed by atoms with van der Waals surface area (Å²) < 4.78 is 32.5. The standard InChI is InChI=1S/C14H20ClNO3S/c1-14(2)7-4-8-16(14)20(17,18)13-6-5-11(10-15)9-12(13)19-3/h5-6,9H,4,7-8,10H2,1-3H3. The minimum absolute atomic E-state index is 0.212. The second kappa shape index (κ2) is 5.54. The lowest BCUT2D eigenvalue weighted by Gasteiger charge is -2.31. The summed E-state index contributed by atoms with van der Waals surface area (Å²) in [6, 6.07) is 4.99. The summed E-state index contributed by atoms with van der Waals surface area (Å²) in [5, 5.41) is 0. The number of ether oxygens (including phenoxy) is 1. The number of hydrogen-bond donors (Lipinski definition) is 0. The topological polar surface area (TPSA) is 46.6 Å². The van der Waals surface area contributed by atoms with Crippen LogP contribution in [0.4, 0.5) is 0 Å². The van der Waals surface area contributed by atoms with Crippen LogP contribution in [-0.4, -0.2) is 31.9 Å². The third-order valence-electron chi connectivity index (χ3n) is 3.78. The van der Waals surface area contributed by atoms with Crippen molar-refractivity contribution < 1.29 is 13.2 Å². The highest BCUT2D eigenvalue weighted by Crippen LogP contribution is 2.37. The van der Waals surface area contributed by atoms with Crippen LogP contribution in [-0.2, 0) is 15.9 Å². The highest BCUT2D eigenvalue weighted by molar-refractivity contribution is 7.89. The average molecular weight is 318 g/mol. The van der Waals surface area contributed by atoms with Crippen molar-refractivity contribution in [1.82, 2.24) is 4.31 Å². The fourth-order valence-electron chi connectivity index (χ4n) is 2.66. The lowest BCUT2D eigenvalue weighted by Crippen LogP contribution is -2.42. The van der Waals surface area contributed by atoms with Crippen LogP contribution in [0, 0.1) is 0 Å². The van der Waals surface area contributed by atoms with Crippen LogP contribution in [0.3, 0.4) is 0 Å². The van der Waals surface area contributed by atoms with E-state index in [-0.39, 0.29) is 10.4 Å². The predicted octanol–water partition coefficient (Wildman–Crippen LogP) is 3.00. The van der Waals surface area contributed by atoms with Gasteiger partial charge in [0.1, 0.15) is 10.6 Å². The molecule has 2 rings (SSSR count). The van der Waals surface area contributed by atoms with Crippen molar-refractivity contribution in [3.63, 3.8) is 0 Å². The summed E-state index contributed by atoms with van der Waals surface area (Å²) in [5.41, 5.74) is 0.484. The first-order chi connectivity index (χ1) is 9.32. The Morgan fingerprint density at radius 2 is 2.10 bits per heavy atom. The molecule has 0 aliphatic carbocycles. The molecule has 20 heavy (non-hydrogen) atoms. The van der Waals surface area contributed by atoms with Gasteiger partial charge in [0.15, 0.2) is 0 Å². The van der Waals surface area contributed by atoms with Crippen LogP contribution in [0.1, 0.15) is 32.3 Å². The Kier molecular flexibility index (Phi) is 4.33. The number of sulfonamides is 1. The van der Waals surface area contributed by atoms with Crippen LogP contribution in [0.5, 0.6) is 5.75 Å². The fourth-order valence-corrected chi connectivity index (χ4v) is 4.81. The van der Waals surface area contributed by atoms with E-state index in [1.54, 1.807) is 22.5 Å². The number of hydrogen-bond acceptors (Lipinski definition) is 3. The number of nitrogens with zero attached hydrogens (tertiary/aromatic N) is 1. The summed E-state index contributed by atoms with van der Waals surface area (Å²) in [6.45, 7) is 4.46. The maximum atomic E-state index is 12.8. The van der Waals surface area contributed by atoms with Gasteiger partial charge in [0.25, 0.3) is 0 Å². The Morgan fingerprint density at radius 3 is 2.60 bits per heavy atom. The summed E-state index contributed by atoms with van der Waals surface area (Å²) >= 11 is 5.78. The Labute approximate surface area is 125 Å². The third kappa shape index (κ3) is 2.67. The van der Waals surface area contributed by atoms with Crippen molar-refractivity contribution in [2.24, 2.45) is 0 Å². The van der Waals surface area contributed by atoms with Crippen molar-refractivity contribution in [1.29, 1.82) is 0 Å². The van der Waals surface area contributed by atoms with Crippen molar-refractivity contribution in [3.8, 4) is 5.75 Å². The smallest absolute Gasteiger partial charge is 0.247 e. The predicted molar refractivity (Wildman–Crippen MR) is 79.8 cm³/mol. The Bertz CT molecular complexity index is 598. The van der Waals surface area contributed by atoms with Crippen molar-refractivity contribution in [2.75, 3.05) is 13.7 Å². The van der Waals surface area contributed by atoms with Gasteiger partial charge in [-0.15, -0.1) is 11.6 Å². The number of rotatable bonds is 4. The molecule has 1 fully saturated rings. The summed E-state index contributed by atoms with van der Waals surface area (Å²) in [4.78, 5) is 0.212. The zero-order valence-corrected chi connectivity index (χ0v) is 13.6. The summed E-state index contributed by atoms with van der Waals surface area (Å²) in [6.07, 6.45) is 1.75. The second-order valence-electron chi connectivity index (χ2n) is 5.61. The Morgan fingerprint density at radius 1 is 1.40 bits per heavy atom. The van der Waals surface area contributed by atoms with E-state index in [0.717, 1.165) is 18.4 Å². The molecule has 0 aromatic heterocycles. The number of alkyl halides is 1. The molecule has 0 amide bonds. The zero-order valence-electron chi connectivity index (χ0n) is 12.0. The van der Waals surface area contributed by atoms with Gasteiger partial charge < -0.3 is 4.74 Å². The monoisotopic (exact) mass is 317 g/mol. The molecule has 1 heterocycles. The van der Waals surface area contributed by atoms with Gasteiger partial charge in [-0.3, -0.25) is 0 Å². The summed E-state index contributed by atoms with van der Waals surface area (Å²) in [7, 11) is -2.08. The van der Waals surface area contributed by atoms with Gasteiger partial charge in [0, 0.05) is 18.0 Å². The van der Waals surface area contributed by atoms with Crippen LogP contribution >= 0.6 is 11.6 Å². The van der Waals surface area contributed by atoms with Crippen molar-refractivity contribution in [2.45, 2.75) is 43.0 Å². The lowest BCUT2D eigenvalue weighted by atomic mass is 10.0. The molecule has 0 atom stereocenters. The first-order valence-electron chi connectivity index (χ1n) is 6.58. The van der Waals surface area contributed by atoms with E-state index in [1.165, 1.54) is 7.11 Å². The van der Waals surface area contributed by atoms with Crippen LogP contribution < -0.4 is 4.74 Å². The van der Waals surface area contributed by atoms with Crippen molar-refractivity contribution >= 4 is 21.6 Å². The van der Waals surface area contributed by atoms with E-state index in [1.807, 2.05) is 13.8 Å². The molecule has 6 heteroatoms. The molecule has 0 radical (unpaired) electrons. The third-order valence-corrected chi connectivity index (χ3v) is 6.23. The van der Waals surface area contributed by atoms with Gasteiger partial charge >= 0.3 is 0 Å². The largest absolute Gasteiger partial charge is 0.495 e. The van der Waals surface area contributed by atoms with Gasteiger partial charge in [-0.1, -0.05) is 6.07 Å². The first-order valence-corrected chi connectivity index (χ1v) is 8.56. The number of methoxy groups -OCH3 is 1. The minimum atomic E-state index is -3.55. The van der Waals surface area contributed by atoms with Gasteiger partial charge in [-0.25, -0.2) is 8.42 Å². The number of benzene rings is 1. The molecule has 1 aliphatic heterocycles. The van der Waals surface area contributed by atoms with Gasteiger partial charge in [-0.05, 0) is 44.4 Å². The highest BCUT2D eigenvalue weighted by Gasteiger charge is 2.41. The molecule has 1 aliphatic rings.